The smallest absolute Gasteiger partial charge is 0.318 e. The Morgan fingerprint density at radius 1 is 1.04 bits per heavy atom. The minimum absolute atomic E-state index is 0.0460. The number of anilines is 1. The zero-order valence-corrected chi connectivity index (χ0v) is 15.3. The molecule has 1 saturated heterocycles. The fraction of sp³-hybridized carbons (Fsp3) is 0.333. The minimum atomic E-state index is -0.464. The van der Waals surface area contributed by atoms with Crippen LogP contribution in [0.5, 0.6) is 0 Å². The van der Waals surface area contributed by atoms with Crippen LogP contribution >= 0.6 is 0 Å². The molecule has 3 rings (SSSR count). The molecule has 0 saturated carbocycles. The van der Waals surface area contributed by atoms with Crippen LogP contribution in [-0.4, -0.2) is 42.5 Å². The third-order valence-corrected chi connectivity index (χ3v) is 4.73. The lowest BCUT2D eigenvalue weighted by Gasteiger charge is -2.39. The van der Waals surface area contributed by atoms with E-state index in [1.165, 1.54) is 0 Å². The summed E-state index contributed by atoms with van der Waals surface area (Å²) in [6.45, 7) is 5.46. The van der Waals surface area contributed by atoms with Crippen LogP contribution in [0.25, 0.3) is 11.1 Å². The van der Waals surface area contributed by atoms with Crippen LogP contribution in [-0.2, 0) is 4.79 Å². The van der Waals surface area contributed by atoms with Crippen molar-refractivity contribution in [1.29, 1.82) is 0 Å². The highest BCUT2D eigenvalue weighted by molar-refractivity contribution is 6.00. The molecule has 1 unspecified atom stereocenters. The Hall–Kier alpha value is -2.82. The van der Waals surface area contributed by atoms with Crippen LogP contribution in [0.1, 0.15) is 20.3 Å². The summed E-state index contributed by atoms with van der Waals surface area (Å²) < 4.78 is 0. The quantitative estimate of drug-likeness (QED) is 0.916. The second kappa shape index (κ2) is 8.04. The molecule has 1 N–H and O–H groups in total. The molecule has 2 aromatic carbocycles. The Labute approximate surface area is 154 Å². The number of nitrogens with one attached hydrogen (secondary N) is 1. The summed E-state index contributed by atoms with van der Waals surface area (Å²) in [4.78, 5) is 28.4. The van der Waals surface area contributed by atoms with Crippen molar-refractivity contribution >= 4 is 17.6 Å². The number of hydrogen-bond acceptors (Lipinski definition) is 2. The van der Waals surface area contributed by atoms with E-state index in [0.717, 1.165) is 23.2 Å². The molecule has 136 valence electrons. The monoisotopic (exact) mass is 351 g/mol. The lowest BCUT2D eigenvalue weighted by Crippen LogP contribution is -2.59. The summed E-state index contributed by atoms with van der Waals surface area (Å²) in [5.41, 5.74) is 3.14. The maximum Gasteiger partial charge on any atom is 0.318 e. The second-order valence-electron chi connectivity index (χ2n) is 6.50. The van der Waals surface area contributed by atoms with Gasteiger partial charge in [-0.25, -0.2) is 4.79 Å². The normalized spacial score (nSPS) is 17.3. The van der Waals surface area contributed by atoms with Crippen molar-refractivity contribution in [1.82, 2.24) is 10.2 Å². The Bertz CT molecular complexity index is 759. The molecule has 1 aliphatic rings. The fourth-order valence-electron chi connectivity index (χ4n) is 3.20. The molecular formula is C21H25N3O2. The van der Waals surface area contributed by atoms with Gasteiger partial charge in [-0.3, -0.25) is 4.79 Å². The van der Waals surface area contributed by atoms with Gasteiger partial charge in [0.25, 0.3) is 0 Å². The standard InChI is InChI=1S/C21H25N3O2/c1-3-13-22-21(26)23-14-15-24(20(25)16(23)2)19-11-9-18(10-12-19)17-7-5-4-6-8-17/h4-12,16H,3,13-15H2,1-2H3,(H,22,26). The van der Waals surface area contributed by atoms with Gasteiger partial charge in [0.15, 0.2) is 0 Å². The molecule has 3 amide bonds. The largest absolute Gasteiger partial charge is 0.338 e. The average Bonchev–Trinajstić information content (AvgIpc) is 2.69. The number of piperazine rings is 1. The van der Waals surface area contributed by atoms with Crippen molar-refractivity contribution in [2.45, 2.75) is 26.3 Å². The number of rotatable bonds is 4. The van der Waals surface area contributed by atoms with Crippen molar-refractivity contribution < 1.29 is 9.59 Å². The predicted molar refractivity (Wildman–Crippen MR) is 104 cm³/mol. The molecule has 0 spiro atoms. The maximum atomic E-state index is 12.8. The fourth-order valence-corrected chi connectivity index (χ4v) is 3.20. The van der Waals surface area contributed by atoms with Gasteiger partial charge in [-0.1, -0.05) is 49.4 Å². The van der Waals surface area contributed by atoms with Crippen molar-refractivity contribution in [3.63, 3.8) is 0 Å². The van der Waals surface area contributed by atoms with E-state index in [-0.39, 0.29) is 11.9 Å². The lowest BCUT2D eigenvalue weighted by atomic mass is 10.0. The van der Waals surface area contributed by atoms with Gasteiger partial charge >= 0.3 is 6.03 Å². The van der Waals surface area contributed by atoms with Crippen molar-refractivity contribution in [2.75, 3.05) is 24.5 Å². The molecular weight excluding hydrogens is 326 g/mol. The molecule has 0 aliphatic carbocycles. The highest BCUT2D eigenvalue weighted by atomic mass is 16.2. The summed E-state index contributed by atoms with van der Waals surface area (Å²) in [7, 11) is 0. The van der Waals surface area contributed by atoms with Crippen LogP contribution in [0, 0.1) is 0 Å². The molecule has 0 bridgehead atoms. The lowest BCUT2D eigenvalue weighted by molar-refractivity contribution is -0.124. The van der Waals surface area contributed by atoms with E-state index in [9.17, 15) is 9.59 Å². The molecule has 1 fully saturated rings. The third-order valence-electron chi connectivity index (χ3n) is 4.73. The highest BCUT2D eigenvalue weighted by Gasteiger charge is 2.34. The van der Waals surface area contributed by atoms with Gasteiger partial charge in [0.2, 0.25) is 5.91 Å². The van der Waals surface area contributed by atoms with Gasteiger partial charge in [0, 0.05) is 25.3 Å². The first-order chi connectivity index (χ1) is 12.6. The predicted octanol–water partition coefficient (Wildman–Crippen LogP) is 3.51. The summed E-state index contributed by atoms with van der Waals surface area (Å²) in [6, 6.07) is 17.5. The van der Waals surface area contributed by atoms with Gasteiger partial charge in [-0.15, -0.1) is 0 Å². The van der Waals surface area contributed by atoms with Crippen LogP contribution in [0.2, 0.25) is 0 Å². The molecule has 0 aromatic heterocycles. The van der Waals surface area contributed by atoms with Crippen molar-refractivity contribution in [3.8, 4) is 11.1 Å². The Morgan fingerprint density at radius 3 is 2.35 bits per heavy atom. The number of nitrogens with zero attached hydrogens (tertiary/aromatic N) is 2. The van der Waals surface area contributed by atoms with E-state index in [1.807, 2.05) is 49.4 Å². The van der Waals surface area contributed by atoms with Crippen LogP contribution in [0.15, 0.2) is 54.6 Å². The number of benzene rings is 2. The molecule has 2 aromatic rings. The summed E-state index contributed by atoms with van der Waals surface area (Å²) in [6.07, 6.45) is 0.877. The molecule has 1 atom stereocenters. The number of hydrogen-bond donors (Lipinski definition) is 1. The first-order valence-corrected chi connectivity index (χ1v) is 9.13. The molecule has 5 nitrogen and oxygen atoms in total. The van der Waals surface area contributed by atoms with Crippen LogP contribution in [0.3, 0.4) is 0 Å². The van der Waals surface area contributed by atoms with E-state index in [4.69, 9.17) is 0 Å². The number of amides is 3. The zero-order valence-electron chi connectivity index (χ0n) is 15.3. The Balaban J connectivity index is 1.71. The summed E-state index contributed by atoms with van der Waals surface area (Å²) >= 11 is 0. The average molecular weight is 351 g/mol. The SMILES string of the molecule is CCCNC(=O)N1CCN(c2ccc(-c3ccccc3)cc2)C(=O)C1C. The van der Waals surface area contributed by atoms with E-state index < -0.39 is 6.04 Å². The summed E-state index contributed by atoms with van der Waals surface area (Å²) in [5, 5.41) is 2.85. The van der Waals surface area contributed by atoms with Gasteiger partial charge in [0.05, 0.1) is 0 Å². The number of urea groups is 1. The van der Waals surface area contributed by atoms with Gasteiger partial charge in [-0.2, -0.15) is 0 Å². The minimum Gasteiger partial charge on any atom is -0.338 e. The molecule has 1 aliphatic heterocycles. The van der Waals surface area contributed by atoms with Gasteiger partial charge in [-0.05, 0) is 36.6 Å². The summed E-state index contributed by atoms with van der Waals surface area (Å²) in [5.74, 6) is -0.0460. The number of carbonyl (C=O) groups excluding carboxylic acids is 2. The maximum absolute atomic E-state index is 12.8. The topological polar surface area (TPSA) is 52.7 Å². The Morgan fingerprint density at radius 2 is 1.69 bits per heavy atom. The first kappa shape index (κ1) is 18.0. The zero-order chi connectivity index (χ0) is 18.5. The molecule has 26 heavy (non-hydrogen) atoms. The number of carbonyl (C=O) groups is 2. The van der Waals surface area contributed by atoms with Crippen molar-refractivity contribution in [2.24, 2.45) is 0 Å². The van der Waals surface area contributed by atoms with Crippen LogP contribution in [0.4, 0.5) is 10.5 Å². The van der Waals surface area contributed by atoms with E-state index in [2.05, 4.69) is 17.4 Å². The van der Waals surface area contributed by atoms with Gasteiger partial charge < -0.3 is 15.1 Å². The second-order valence-corrected chi connectivity index (χ2v) is 6.50. The molecule has 5 heteroatoms. The van der Waals surface area contributed by atoms with E-state index in [0.29, 0.717) is 19.6 Å². The van der Waals surface area contributed by atoms with Crippen LogP contribution < -0.4 is 10.2 Å². The molecule has 0 radical (unpaired) electrons. The molecule has 1 heterocycles. The highest BCUT2D eigenvalue weighted by Crippen LogP contribution is 2.25. The van der Waals surface area contributed by atoms with E-state index >= 15 is 0 Å². The third kappa shape index (κ3) is 3.72. The first-order valence-electron chi connectivity index (χ1n) is 9.13. The Kier molecular flexibility index (Phi) is 5.56. The van der Waals surface area contributed by atoms with Crippen molar-refractivity contribution in [3.05, 3.63) is 54.6 Å². The van der Waals surface area contributed by atoms with E-state index in [1.54, 1.807) is 16.7 Å². The van der Waals surface area contributed by atoms with Gasteiger partial charge in [0.1, 0.15) is 6.04 Å².